The van der Waals surface area contributed by atoms with Crippen LogP contribution in [-0.2, 0) is 9.59 Å². The lowest BCUT2D eigenvalue weighted by Crippen LogP contribution is -2.46. The summed E-state index contributed by atoms with van der Waals surface area (Å²) in [6, 6.07) is 13.7. The fourth-order valence-electron chi connectivity index (χ4n) is 3.71. The van der Waals surface area contributed by atoms with Gasteiger partial charge in [0.05, 0.1) is 18.6 Å². The van der Waals surface area contributed by atoms with Gasteiger partial charge in [-0.2, -0.15) is 0 Å². The molecule has 0 bridgehead atoms. The van der Waals surface area contributed by atoms with Crippen LogP contribution in [0.4, 0.5) is 5.69 Å². The predicted octanol–water partition coefficient (Wildman–Crippen LogP) is 4.53. The Labute approximate surface area is 180 Å². The van der Waals surface area contributed by atoms with Gasteiger partial charge in [0.2, 0.25) is 11.8 Å². The van der Waals surface area contributed by atoms with Crippen LogP contribution in [0.15, 0.2) is 42.5 Å². The Kier molecular flexibility index (Phi) is 8.60. The molecule has 0 saturated carbocycles. The number of hydrogen-bond donors (Lipinski definition) is 2. The van der Waals surface area contributed by atoms with Crippen molar-refractivity contribution in [1.29, 1.82) is 0 Å². The van der Waals surface area contributed by atoms with Crippen LogP contribution >= 0.6 is 0 Å². The van der Waals surface area contributed by atoms with E-state index in [1.807, 2.05) is 58.0 Å². The summed E-state index contributed by atoms with van der Waals surface area (Å²) in [5, 5.41) is 6.16. The van der Waals surface area contributed by atoms with Crippen LogP contribution in [0.3, 0.4) is 0 Å². The number of benzene rings is 2. The second-order valence-corrected chi connectivity index (χ2v) is 8.17. The summed E-state index contributed by atoms with van der Waals surface area (Å²) in [6.07, 6.45) is 1.85. The summed E-state index contributed by atoms with van der Waals surface area (Å²) >= 11 is 0. The summed E-state index contributed by atoms with van der Waals surface area (Å²) in [5.74, 6) is -0.198. The minimum Gasteiger partial charge on any atom is -0.348 e. The number of carbonyl (C=O) groups is 2. The number of rotatable bonds is 9. The maximum atomic E-state index is 12.8. The third kappa shape index (κ3) is 6.42. The second kappa shape index (κ2) is 10.9. The van der Waals surface area contributed by atoms with Crippen molar-refractivity contribution < 1.29 is 9.59 Å². The van der Waals surface area contributed by atoms with Crippen LogP contribution in [0.5, 0.6) is 0 Å². The van der Waals surface area contributed by atoms with E-state index < -0.39 is 6.04 Å². The average Bonchev–Trinajstić information content (AvgIpc) is 2.70. The van der Waals surface area contributed by atoms with Gasteiger partial charge in [-0.25, -0.2) is 0 Å². The van der Waals surface area contributed by atoms with Crippen molar-refractivity contribution in [1.82, 2.24) is 10.2 Å². The highest BCUT2D eigenvalue weighted by molar-refractivity contribution is 5.94. The number of carbonyl (C=O) groups excluding carboxylic acids is 2. The van der Waals surface area contributed by atoms with Crippen molar-refractivity contribution in [3.05, 3.63) is 64.7 Å². The minimum atomic E-state index is -0.418. The molecule has 2 N–H and O–H groups in total. The molecule has 2 aromatic rings. The highest BCUT2D eigenvalue weighted by Gasteiger charge is 2.23. The Balaban J connectivity index is 1.98. The first-order valence-corrected chi connectivity index (χ1v) is 10.7. The molecule has 0 aromatic heterocycles. The fraction of sp³-hybridized carbons (Fsp3) is 0.440. The van der Waals surface area contributed by atoms with E-state index in [-0.39, 0.29) is 24.4 Å². The Morgan fingerprint density at radius 3 is 2.20 bits per heavy atom. The van der Waals surface area contributed by atoms with Crippen LogP contribution in [0.1, 0.15) is 55.0 Å². The number of amides is 2. The van der Waals surface area contributed by atoms with E-state index in [9.17, 15) is 9.59 Å². The standard InChI is InChI=1S/C25H35N3O2/c1-7-11-22(21-12-9-8-10-13-21)26-25(30)20(5)28(6)16-23(29)27-24-18(3)14-17(2)15-19(24)4/h8-10,12-15,20,22H,7,11,16H2,1-6H3,(H,26,30)(H,27,29)/t20-,22-/m1/s1. The van der Waals surface area contributed by atoms with Gasteiger partial charge in [-0.3, -0.25) is 14.5 Å². The number of hydrogen-bond acceptors (Lipinski definition) is 3. The molecule has 0 aliphatic carbocycles. The van der Waals surface area contributed by atoms with E-state index >= 15 is 0 Å². The molecule has 30 heavy (non-hydrogen) atoms. The molecule has 2 amide bonds. The zero-order valence-corrected chi connectivity index (χ0v) is 19.1. The van der Waals surface area contributed by atoms with Crippen LogP contribution in [0.2, 0.25) is 0 Å². The Hall–Kier alpha value is -2.66. The molecular weight excluding hydrogens is 374 g/mol. The lowest BCUT2D eigenvalue weighted by molar-refractivity contribution is -0.127. The largest absolute Gasteiger partial charge is 0.348 e. The number of anilines is 1. The zero-order valence-electron chi connectivity index (χ0n) is 19.1. The van der Waals surface area contributed by atoms with Gasteiger partial charge in [-0.05, 0) is 57.9 Å². The topological polar surface area (TPSA) is 61.4 Å². The van der Waals surface area contributed by atoms with E-state index in [0.29, 0.717) is 0 Å². The van der Waals surface area contributed by atoms with E-state index in [0.717, 1.165) is 35.2 Å². The summed E-state index contributed by atoms with van der Waals surface area (Å²) in [7, 11) is 1.80. The lowest BCUT2D eigenvalue weighted by atomic mass is 10.0. The first-order chi connectivity index (χ1) is 14.2. The minimum absolute atomic E-state index is 0.0220. The molecule has 0 heterocycles. The predicted molar refractivity (Wildman–Crippen MR) is 124 cm³/mol. The molecule has 5 heteroatoms. The Morgan fingerprint density at radius 2 is 1.63 bits per heavy atom. The number of nitrogens with one attached hydrogen (secondary N) is 2. The number of nitrogens with zero attached hydrogens (tertiary/aromatic N) is 1. The molecule has 5 nitrogen and oxygen atoms in total. The van der Waals surface area contributed by atoms with Gasteiger partial charge in [0.15, 0.2) is 0 Å². The number of aryl methyl sites for hydroxylation is 3. The maximum Gasteiger partial charge on any atom is 0.238 e. The summed E-state index contributed by atoms with van der Waals surface area (Å²) in [5.41, 5.74) is 5.21. The maximum absolute atomic E-state index is 12.8. The van der Waals surface area contributed by atoms with Gasteiger partial charge in [-0.15, -0.1) is 0 Å². The van der Waals surface area contributed by atoms with Gasteiger partial charge in [0.1, 0.15) is 0 Å². The fourth-order valence-corrected chi connectivity index (χ4v) is 3.71. The molecule has 0 aliphatic heterocycles. The molecule has 2 rings (SSSR count). The SMILES string of the molecule is CCC[C@@H](NC(=O)[C@@H](C)N(C)CC(=O)Nc1c(C)cc(C)cc1C)c1ccccc1. The van der Waals surface area contributed by atoms with Crippen molar-refractivity contribution in [2.45, 2.75) is 59.5 Å². The monoisotopic (exact) mass is 409 g/mol. The molecular formula is C25H35N3O2. The lowest BCUT2D eigenvalue weighted by Gasteiger charge is -2.26. The highest BCUT2D eigenvalue weighted by atomic mass is 16.2. The van der Waals surface area contributed by atoms with Crippen molar-refractivity contribution in [2.75, 3.05) is 18.9 Å². The molecule has 0 spiro atoms. The Bertz CT molecular complexity index is 841. The first-order valence-electron chi connectivity index (χ1n) is 10.7. The second-order valence-electron chi connectivity index (χ2n) is 8.17. The number of likely N-dealkylation sites (N-methyl/N-ethyl adjacent to an activating group) is 1. The molecule has 0 radical (unpaired) electrons. The first kappa shape index (κ1) is 23.6. The molecule has 2 atom stereocenters. The van der Waals surface area contributed by atoms with Gasteiger partial charge in [0.25, 0.3) is 0 Å². The third-order valence-electron chi connectivity index (χ3n) is 5.47. The molecule has 162 valence electrons. The van der Waals surface area contributed by atoms with E-state index in [1.165, 1.54) is 5.56 Å². The summed E-state index contributed by atoms with van der Waals surface area (Å²) in [6.45, 7) is 10.1. The van der Waals surface area contributed by atoms with Crippen molar-refractivity contribution in [3.8, 4) is 0 Å². The van der Waals surface area contributed by atoms with E-state index in [2.05, 4.69) is 29.7 Å². The van der Waals surface area contributed by atoms with Crippen molar-refractivity contribution >= 4 is 17.5 Å². The van der Waals surface area contributed by atoms with Crippen LogP contribution < -0.4 is 10.6 Å². The summed E-state index contributed by atoms with van der Waals surface area (Å²) in [4.78, 5) is 27.2. The Morgan fingerprint density at radius 1 is 1.03 bits per heavy atom. The molecule has 0 fully saturated rings. The van der Waals surface area contributed by atoms with Crippen LogP contribution in [0, 0.1) is 20.8 Å². The smallest absolute Gasteiger partial charge is 0.238 e. The van der Waals surface area contributed by atoms with Crippen molar-refractivity contribution in [2.24, 2.45) is 0 Å². The van der Waals surface area contributed by atoms with Crippen LogP contribution in [-0.4, -0.2) is 36.3 Å². The average molecular weight is 410 g/mol. The van der Waals surface area contributed by atoms with Gasteiger partial charge >= 0.3 is 0 Å². The molecule has 2 aromatic carbocycles. The third-order valence-corrected chi connectivity index (χ3v) is 5.47. The highest BCUT2D eigenvalue weighted by Crippen LogP contribution is 2.22. The van der Waals surface area contributed by atoms with Gasteiger partial charge in [-0.1, -0.05) is 61.4 Å². The van der Waals surface area contributed by atoms with E-state index in [4.69, 9.17) is 0 Å². The molecule has 0 saturated heterocycles. The van der Waals surface area contributed by atoms with Gasteiger partial charge in [0, 0.05) is 5.69 Å². The van der Waals surface area contributed by atoms with Gasteiger partial charge < -0.3 is 10.6 Å². The van der Waals surface area contributed by atoms with E-state index in [1.54, 1.807) is 11.9 Å². The van der Waals surface area contributed by atoms with Crippen LogP contribution in [0.25, 0.3) is 0 Å². The van der Waals surface area contributed by atoms with Crippen molar-refractivity contribution in [3.63, 3.8) is 0 Å². The normalized spacial score (nSPS) is 13.0. The quantitative estimate of drug-likeness (QED) is 0.640. The zero-order chi connectivity index (χ0) is 22.3. The summed E-state index contributed by atoms with van der Waals surface area (Å²) < 4.78 is 0. The molecule has 0 unspecified atom stereocenters. The molecule has 0 aliphatic rings.